The molecule has 0 heterocycles. The van der Waals surface area contributed by atoms with Crippen LogP contribution in [0.15, 0.2) is 18.2 Å². The number of aryl methyl sites for hydroxylation is 1. The summed E-state index contributed by atoms with van der Waals surface area (Å²) in [5, 5.41) is 3.43. The van der Waals surface area contributed by atoms with Gasteiger partial charge in [0.2, 0.25) is 0 Å². The Morgan fingerprint density at radius 2 is 2.00 bits per heavy atom. The molecule has 0 bridgehead atoms. The molecule has 1 saturated carbocycles. The molecule has 1 aromatic rings. The van der Waals surface area contributed by atoms with E-state index in [-0.39, 0.29) is 6.54 Å². The van der Waals surface area contributed by atoms with Gasteiger partial charge < -0.3 is 10.2 Å². The average molecular weight is 286 g/mol. The van der Waals surface area contributed by atoms with Crippen LogP contribution < -0.4 is 10.2 Å². The van der Waals surface area contributed by atoms with Crippen molar-refractivity contribution >= 4 is 5.69 Å². The zero-order valence-electron chi connectivity index (χ0n) is 11.9. The maximum atomic E-state index is 12.2. The molecule has 1 aliphatic carbocycles. The molecular weight excluding hydrogens is 265 g/mol. The van der Waals surface area contributed by atoms with Gasteiger partial charge >= 0.3 is 6.18 Å². The van der Waals surface area contributed by atoms with E-state index in [1.54, 1.807) is 11.9 Å². The molecule has 1 aromatic carbocycles. The lowest BCUT2D eigenvalue weighted by molar-refractivity contribution is -0.132. The molecule has 1 aliphatic rings. The van der Waals surface area contributed by atoms with Crippen LogP contribution in [0.4, 0.5) is 18.9 Å². The molecule has 20 heavy (non-hydrogen) atoms. The number of halogens is 3. The molecule has 2 nitrogen and oxygen atoms in total. The highest BCUT2D eigenvalue weighted by Crippen LogP contribution is 2.25. The van der Waals surface area contributed by atoms with Crippen molar-refractivity contribution in [1.82, 2.24) is 5.32 Å². The first-order valence-corrected chi connectivity index (χ1v) is 6.96. The van der Waals surface area contributed by atoms with Gasteiger partial charge in [0.1, 0.15) is 0 Å². The fourth-order valence-electron chi connectivity index (χ4n) is 2.22. The highest BCUT2D eigenvalue weighted by Gasteiger charge is 2.27. The number of hydrogen-bond acceptors (Lipinski definition) is 2. The molecule has 0 atom stereocenters. The Bertz CT molecular complexity index is 453. The van der Waals surface area contributed by atoms with E-state index in [1.165, 1.54) is 18.4 Å². The van der Waals surface area contributed by atoms with Crippen LogP contribution in [-0.4, -0.2) is 25.8 Å². The van der Waals surface area contributed by atoms with Gasteiger partial charge in [0.15, 0.2) is 0 Å². The summed E-state index contributed by atoms with van der Waals surface area (Å²) in [5.74, 6) is 0. The molecule has 112 valence electrons. The lowest BCUT2D eigenvalue weighted by Crippen LogP contribution is -2.24. The molecular formula is C15H21F3N2. The van der Waals surface area contributed by atoms with E-state index in [0.717, 1.165) is 17.8 Å². The van der Waals surface area contributed by atoms with Crippen LogP contribution in [0.3, 0.4) is 0 Å². The van der Waals surface area contributed by atoms with Crippen LogP contribution in [0, 0.1) is 6.92 Å². The van der Waals surface area contributed by atoms with Gasteiger partial charge in [0.25, 0.3) is 0 Å². The molecule has 1 N–H and O–H groups in total. The molecule has 0 saturated heterocycles. The highest BCUT2D eigenvalue weighted by molar-refractivity contribution is 5.53. The van der Waals surface area contributed by atoms with Crippen LogP contribution >= 0.6 is 0 Å². The molecule has 5 heteroatoms. The fraction of sp³-hybridized carbons (Fsp3) is 0.600. The predicted octanol–water partition coefficient (Wildman–Crippen LogP) is 3.64. The molecule has 0 unspecified atom stereocenters. The van der Waals surface area contributed by atoms with Gasteiger partial charge in [0.05, 0.1) is 6.42 Å². The molecule has 0 aromatic heterocycles. The summed E-state index contributed by atoms with van der Waals surface area (Å²) in [6.45, 7) is 2.77. The SMILES string of the molecule is Cc1cc(CNC2CC2)ccc1N(C)CCC(F)(F)F. The molecule has 1 fully saturated rings. The van der Waals surface area contributed by atoms with Crippen molar-refractivity contribution in [2.45, 2.75) is 44.9 Å². The minimum absolute atomic E-state index is 0.00991. The number of alkyl halides is 3. The number of anilines is 1. The fourth-order valence-corrected chi connectivity index (χ4v) is 2.22. The second-order valence-electron chi connectivity index (χ2n) is 5.56. The standard InChI is InChI=1S/C15H21F3N2/c1-11-9-12(10-19-13-4-5-13)3-6-14(11)20(2)8-7-15(16,17)18/h3,6,9,13,19H,4-5,7-8,10H2,1-2H3. The molecule has 2 rings (SSSR count). The van der Waals surface area contributed by atoms with Crippen molar-refractivity contribution in [2.24, 2.45) is 0 Å². The number of rotatable bonds is 6. The van der Waals surface area contributed by atoms with Gasteiger partial charge in [-0.1, -0.05) is 12.1 Å². The monoisotopic (exact) mass is 286 g/mol. The van der Waals surface area contributed by atoms with Crippen LogP contribution in [0.1, 0.15) is 30.4 Å². The summed E-state index contributed by atoms with van der Waals surface area (Å²) in [4.78, 5) is 1.67. The lowest BCUT2D eigenvalue weighted by atomic mass is 10.1. The average Bonchev–Trinajstić information content (AvgIpc) is 3.17. The first kappa shape index (κ1) is 15.2. The van der Waals surface area contributed by atoms with Crippen molar-refractivity contribution in [1.29, 1.82) is 0 Å². The van der Waals surface area contributed by atoms with Crippen LogP contribution in [0.5, 0.6) is 0 Å². The van der Waals surface area contributed by atoms with E-state index in [1.807, 2.05) is 19.1 Å². The Hall–Kier alpha value is -1.23. The highest BCUT2D eigenvalue weighted by atomic mass is 19.4. The Morgan fingerprint density at radius 3 is 2.55 bits per heavy atom. The van der Waals surface area contributed by atoms with E-state index in [9.17, 15) is 13.2 Å². The summed E-state index contributed by atoms with van der Waals surface area (Å²) >= 11 is 0. The largest absolute Gasteiger partial charge is 0.390 e. The van der Waals surface area contributed by atoms with Crippen molar-refractivity contribution in [2.75, 3.05) is 18.5 Å². The van der Waals surface area contributed by atoms with Crippen LogP contribution in [-0.2, 0) is 6.54 Å². The van der Waals surface area contributed by atoms with Gasteiger partial charge in [-0.3, -0.25) is 0 Å². The van der Waals surface area contributed by atoms with Gasteiger partial charge in [0, 0.05) is 31.9 Å². The number of hydrogen-bond donors (Lipinski definition) is 1. The summed E-state index contributed by atoms with van der Waals surface area (Å²) in [7, 11) is 1.70. The third-order valence-corrected chi connectivity index (χ3v) is 3.58. The summed E-state index contributed by atoms with van der Waals surface area (Å²) in [6.07, 6.45) is -2.39. The van der Waals surface area contributed by atoms with E-state index < -0.39 is 12.6 Å². The van der Waals surface area contributed by atoms with E-state index in [0.29, 0.717) is 6.04 Å². The second kappa shape index (κ2) is 6.04. The van der Waals surface area contributed by atoms with E-state index in [4.69, 9.17) is 0 Å². The van der Waals surface area contributed by atoms with Crippen molar-refractivity contribution in [3.05, 3.63) is 29.3 Å². The molecule has 0 spiro atoms. The molecule has 0 radical (unpaired) electrons. The number of benzene rings is 1. The van der Waals surface area contributed by atoms with Crippen LogP contribution in [0.2, 0.25) is 0 Å². The predicted molar refractivity (Wildman–Crippen MR) is 75.0 cm³/mol. The first-order valence-electron chi connectivity index (χ1n) is 6.96. The minimum Gasteiger partial charge on any atom is -0.374 e. The maximum Gasteiger partial charge on any atom is 0.390 e. The Balaban J connectivity index is 1.93. The summed E-state index contributed by atoms with van der Waals surface area (Å²) in [5.41, 5.74) is 3.07. The summed E-state index contributed by atoms with van der Waals surface area (Å²) < 4.78 is 36.7. The first-order chi connectivity index (χ1) is 9.35. The zero-order chi connectivity index (χ0) is 14.8. The quantitative estimate of drug-likeness (QED) is 0.859. The third kappa shape index (κ3) is 4.71. The van der Waals surface area contributed by atoms with Crippen molar-refractivity contribution < 1.29 is 13.2 Å². The lowest BCUT2D eigenvalue weighted by Gasteiger charge is -2.22. The smallest absolute Gasteiger partial charge is 0.374 e. The summed E-state index contributed by atoms with van der Waals surface area (Å²) in [6, 6.07) is 6.61. The van der Waals surface area contributed by atoms with Gasteiger partial charge in [-0.2, -0.15) is 13.2 Å². The van der Waals surface area contributed by atoms with Crippen molar-refractivity contribution in [3.63, 3.8) is 0 Å². The van der Waals surface area contributed by atoms with Crippen molar-refractivity contribution in [3.8, 4) is 0 Å². The Kier molecular flexibility index (Phi) is 4.58. The minimum atomic E-state index is -4.10. The van der Waals surface area contributed by atoms with E-state index in [2.05, 4.69) is 11.4 Å². The van der Waals surface area contributed by atoms with Gasteiger partial charge in [-0.05, 0) is 37.0 Å². The Labute approximate surface area is 118 Å². The van der Waals surface area contributed by atoms with Gasteiger partial charge in [-0.25, -0.2) is 0 Å². The Morgan fingerprint density at radius 1 is 1.30 bits per heavy atom. The topological polar surface area (TPSA) is 15.3 Å². The third-order valence-electron chi connectivity index (χ3n) is 3.58. The number of nitrogens with one attached hydrogen (secondary N) is 1. The second-order valence-corrected chi connectivity index (χ2v) is 5.56. The molecule has 0 aliphatic heterocycles. The van der Waals surface area contributed by atoms with Crippen LogP contribution in [0.25, 0.3) is 0 Å². The maximum absolute atomic E-state index is 12.2. The van der Waals surface area contributed by atoms with E-state index >= 15 is 0 Å². The normalized spacial score (nSPS) is 15.4. The number of nitrogens with zero attached hydrogens (tertiary/aromatic N) is 1. The van der Waals surface area contributed by atoms with Gasteiger partial charge in [-0.15, -0.1) is 0 Å². The zero-order valence-corrected chi connectivity index (χ0v) is 11.9. The molecule has 0 amide bonds.